The van der Waals surface area contributed by atoms with Crippen molar-refractivity contribution in [3.63, 3.8) is 0 Å². The van der Waals surface area contributed by atoms with Crippen LogP contribution in [0, 0.1) is 5.41 Å². The quantitative estimate of drug-likeness (QED) is 0.791. The summed E-state index contributed by atoms with van der Waals surface area (Å²) in [7, 11) is 0. The van der Waals surface area contributed by atoms with Gasteiger partial charge in [-0.1, -0.05) is 30.3 Å². The molecule has 0 unspecified atom stereocenters. The second kappa shape index (κ2) is 7.05. The van der Waals surface area contributed by atoms with E-state index in [2.05, 4.69) is 5.32 Å². The van der Waals surface area contributed by atoms with Crippen LogP contribution in [-0.2, 0) is 14.3 Å². The highest BCUT2D eigenvalue weighted by molar-refractivity contribution is 5.84. The van der Waals surface area contributed by atoms with Crippen molar-refractivity contribution < 1.29 is 14.3 Å². The summed E-state index contributed by atoms with van der Waals surface area (Å²) >= 11 is 0. The van der Waals surface area contributed by atoms with Gasteiger partial charge >= 0.3 is 0 Å². The van der Waals surface area contributed by atoms with E-state index < -0.39 is 17.4 Å². The van der Waals surface area contributed by atoms with Crippen molar-refractivity contribution in [1.29, 1.82) is 0 Å². The molecule has 0 aromatic heterocycles. The number of hydrogen-bond donors (Lipinski definition) is 2. The Morgan fingerprint density at radius 3 is 2.40 bits per heavy atom. The van der Waals surface area contributed by atoms with E-state index in [9.17, 15) is 9.59 Å². The fourth-order valence-electron chi connectivity index (χ4n) is 1.61. The maximum Gasteiger partial charge on any atom is 0.253 e. The fourth-order valence-corrected chi connectivity index (χ4v) is 1.61. The van der Waals surface area contributed by atoms with Crippen LogP contribution >= 0.6 is 0 Å². The Kier molecular flexibility index (Phi) is 5.70. The van der Waals surface area contributed by atoms with Gasteiger partial charge in [0.25, 0.3) is 5.91 Å². The van der Waals surface area contributed by atoms with Crippen LogP contribution in [-0.4, -0.2) is 25.0 Å². The molecule has 0 aliphatic heterocycles. The molecular weight excluding hydrogens is 256 g/mol. The first-order valence-corrected chi connectivity index (χ1v) is 6.62. The molecule has 1 aromatic carbocycles. The van der Waals surface area contributed by atoms with Crippen LogP contribution in [0.5, 0.6) is 0 Å². The maximum absolute atomic E-state index is 12.2. The molecule has 0 saturated heterocycles. The zero-order valence-corrected chi connectivity index (χ0v) is 12.2. The van der Waals surface area contributed by atoms with Crippen LogP contribution in [0.1, 0.15) is 32.4 Å². The molecule has 2 amide bonds. The number of carbonyl (C=O) groups is 2. The molecule has 5 nitrogen and oxygen atoms in total. The Morgan fingerprint density at radius 1 is 1.30 bits per heavy atom. The first-order chi connectivity index (χ1) is 9.38. The van der Waals surface area contributed by atoms with Crippen LogP contribution in [0.15, 0.2) is 30.3 Å². The van der Waals surface area contributed by atoms with Gasteiger partial charge in [-0.3, -0.25) is 9.59 Å². The van der Waals surface area contributed by atoms with Gasteiger partial charge in [0, 0.05) is 13.2 Å². The number of amides is 2. The smallest absolute Gasteiger partial charge is 0.253 e. The topological polar surface area (TPSA) is 81.4 Å². The van der Waals surface area contributed by atoms with Crippen LogP contribution < -0.4 is 11.1 Å². The lowest BCUT2D eigenvalue weighted by Gasteiger charge is -2.23. The summed E-state index contributed by atoms with van der Waals surface area (Å²) < 4.78 is 5.49. The minimum Gasteiger partial charge on any atom is -0.369 e. The molecule has 0 radical (unpaired) electrons. The normalized spacial score (nSPS) is 12.8. The molecule has 0 saturated carbocycles. The van der Waals surface area contributed by atoms with Gasteiger partial charge in [0.15, 0.2) is 6.10 Å². The third-order valence-corrected chi connectivity index (χ3v) is 3.05. The highest BCUT2D eigenvalue weighted by atomic mass is 16.5. The van der Waals surface area contributed by atoms with E-state index in [0.717, 1.165) is 5.56 Å². The van der Waals surface area contributed by atoms with Crippen molar-refractivity contribution in [3.05, 3.63) is 35.9 Å². The number of ether oxygens (including phenoxy) is 1. The summed E-state index contributed by atoms with van der Waals surface area (Å²) in [5.74, 6) is -0.724. The standard InChI is InChI=1S/C15H22N2O3/c1-4-20-12(11-8-6-5-7-9-11)13(18)17-10-15(2,3)14(16)19/h5-9,12H,4,10H2,1-3H3,(H2,16,19)(H,17,18)/t12-/m0/s1. The van der Waals surface area contributed by atoms with E-state index in [4.69, 9.17) is 10.5 Å². The number of benzene rings is 1. The molecule has 110 valence electrons. The zero-order chi connectivity index (χ0) is 15.2. The van der Waals surface area contributed by atoms with Gasteiger partial charge in [0.1, 0.15) is 0 Å². The molecule has 0 fully saturated rings. The molecule has 0 bridgehead atoms. The first-order valence-electron chi connectivity index (χ1n) is 6.62. The van der Waals surface area contributed by atoms with E-state index >= 15 is 0 Å². The van der Waals surface area contributed by atoms with Gasteiger partial charge in [0.05, 0.1) is 5.41 Å². The Morgan fingerprint density at radius 2 is 1.90 bits per heavy atom. The van der Waals surface area contributed by atoms with Crippen LogP contribution in [0.3, 0.4) is 0 Å². The van der Waals surface area contributed by atoms with Crippen molar-refractivity contribution in [2.24, 2.45) is 11.1 Å². The largest absolute Gasteiger partial charge is 0.369 e. The van der Waals surface area contributed by atoms with Gasteiger partial charge in [-0.2, -0.15) is 0 Å². The molecule has 1 aromatic rings. The summed E-state index contributed by atoms with van der Waals surface area (Å²) in [6.45, 7) is 5.81. The van der Waals surface area contributed by atoms with Gasteiger partial charge in [-0.15, -0.1) is 0 Å². The van der Waals surface area contributed by atoms with Gasteiger partial charge in [-0.25, -0.2) is 0 Å². The Hall–Kier alpha value is -1.88. The van der Waals surface area contributed by atoms with Crippen LogP contribution in [0.25, 0.3) is 0 Å². The predicted molar refractivity (Wildman–Crippen MR) is 76.8 cm³/mol. The highest BCUT2D eigenvalue weighted by Crippen LogP contribution is 2.18. The average Bonchev–Trinajstić information content (AvgIpc) is 2.43. The molecule has 20 heavy (non-hydrogen) atoms. The van der Waals surface area contributed by atoms with E-state index in [1.807, 2.05) is 37.3 Å². The summed E-state index contributed by atoms with van der Waals surface area (Å²) in [6, 6.07) is 9.24. The fraction of sp³-hybridized carbons (Fsp3) is 0.467. The molecule has 0 aliphatic rings. The van der Waals surface area contributed by atoms with Crippen molar-refractivity contribution in [2.75, 3.05) is 13.2 Å². The third-order valence-electron chi connectivity index (χ3n) is 3.05. The van der Waals surface area contributed by atoms with E-state index in [0.29, 0.717) is 6.61 Å². The summed E-state index contributed by atoms with van der Waals surface area (Å²) in [4.78, 5) is 23.5. The minimum absolute atomic E-state index is 0.178. The average molecular weight is 278 g/mol. The van der Waals surface area contributed by atoms with Crippen molar-refractivity contribution in [2.45, 2.75) is 26.9 Å². The van der Waals surface area contributed by atoms with E-state index in [1.165, 1.54) is 0 Å². The van der Waals surface area contributed by atoms with Crippen LogP contribution in [0.2, 0.25) is 0 Å². The number of rotatable bonds is 7. The second-order valence-corrected chi connectivity index (χ2v) is 5.21. The number of nitrogens with one attached hydrogen (secondary N) is 1. The van der Waals surface area contributed by atoms with Crippen molar-refractivity contribution in [3.8, 4) is 0 Å². The van der Waals surface area contributed by atoms with Crippen molar-refractivity contribution in [1.82, 2.24) is 5.32 Å². The molecule has 3 N–H and O–H groups in total. The molecule has 0 spiro atoms. The molecule has 5 heteroatoms. The number of primary amides is 1. The first kappa shape index (κ1) is 16.2. The van der Waals surface area contributed by atoms with Gasteiger partial charge in [0.2, 0.25) is 5.91 Å². The summed E-state index contributed by atoms with van der Waals surface area (Å²) in [5.41, 5.74) is 5.27. The number of hydrogen-bond acceptors (Lipinski definition) is 3. The van der Waals surface area contributed by atoms with E-state index in [-0.39, 0.29) is 12.5 Å². The second-order valence-electron chi connectivity index (χ2n) is 5.21. The molecule has 0 heterocycles. The third kappa shape index (κ3) is 4.35. The van der Waals surface area contributed by atoms with E-state index in [1.54, 1.807) is 13.8 Å². The van der Waals surface area contributed by atoms with Crippen LogP contribution in [0.4, 0.5) is 0 Å². The molecule has 1 rings (SSSR count). The Labute approximate surface area is 119 Å². The monoisotopic (exact) mass is 278 g/mol. The number of carbonyl (C=O) groups excluding carboxylic acids is 2. The predicted octanol–water partition coefficient (Wildman–Crippen LogP) is 1.39. The lowest BCUT2D eigenvalue weighted by atomic mass is 9.92. The van der Waals surface area contributed by atoms with Crippen molar-refractivity contribution >= 4 is 11.8 Å². The molecular formula is C15H22N2O3. The lowest BCUT2D eigenvalue weighted by molar-refractivity contribution is -0.134. The Bertz CT molecular complexity index is 457. The SMILES string of the molecule is CCO[C@H](C(=O)NCC(C)(C)C(N)=O)c1ccccc1. The van der Waals surface area contributed by atoms with Gasteiger partial charge < -0.3 is 15.8 Å². The summed E-state index contributed by atoms with van der Waals surface area (Å²) in [6.07, 6.45) is -0.676. The number of nitrogens with two attached hydrogens (primary N) is 1. The minimum atomic E-state index is -0.789. The Balaban J connectivity index is 2.74. The zero-order valence-electron chi connectivity index (χ0n) is 12.2. The lowest BCUT2D eigenvalue weighted by Crippen LogP contribution is -2.44. The molecule has 1 atom stereocenters. The molecule has 0 aliphatic carbocycles. The maximum atomic E-state index is 12.2. The summed E-state index contributed by atoms with van der Waals surface area (Å²) in [5, 5.41) is 2.72. The highest BCUT2D eigenvalue weighted by Gasteiger charge is 2.28. The van der Waals surface area contributed by atoms with Gasteiger partial charge in [-0.05, 0) is 26.3 Å².